The highest BCUT2D eigenvalue weighted by Crippen LogP contribution is 2.32. The van der Waals surface area contributed by atoms with Crippen LogP contribution >= 0.6 is 34.8 Å². The Morgan fingerprint density at radius 3 is 2.53 bits per heavy atom. The van der Waals surface area contributed by atoms with Crippen LogP contribution in [0.5, 0.6) is 0 Å². The minimum atomic E-state index is -0.589. The van der Waals surface area contributed by atoms with E-state index >= 15 is 0 Å². The van der Waals surface area contributed by atoms with Gasteiger partial charge >= 0.3 is 5.97 Å². The molecule has 1 heterocycles. The molecular formula is C13H8Cl3NO2. The van der Waals surface area contributed by atoms with Gasteiger partial charge in [0.15, 0.2) is 5.69 Å². The van der Waals surface area contributed by atoms with Crippen molar-refractivity contribution in [2.75, 3.05) is 7.11 Å². The van der Waals surface area contributed by atoms with E-state index in [4.69, 9.17) is 34.8 Å². The van der Waals surface area contributed by atoms with E-state index in [1.54, 1.807) is 24.3 Å². The van der Waals surface area contributed by atoms with Gasteiger partial charge in [-0.1, -0.05) is 34.8 Å². The molecule has 0 aliphatic carbocycles. The van der Waals surface area contributed by atoms with E-state index < -0.39 is 5.97 Å². The number of hydrogen-bond acceptors (Lipinski definition) is 3. The Morgan fingerprint density at radius 1 is 1.16 bits per heavy atom. The summed E-state index contributed by atoms with van der Waals surface area (Å²) in [5, 5.41) is 1.26. The second-order valence-corrected chi connectivity index (χ2v) is 4.92. The highest BCUT2D eigenvalue weighted by atomic mass is 35.5. The van der Waals surface area contributed by atoms with Crippen LogP contribution in [0.25, 0.3) is 11.1 Å². The zero-order valence-corrected chi connectivity index (χ0v) is 12.1. The zero-order chi connectivity index (χ0) is 14.0. The van der Waals surface area contributed by atoms with Gasteiger partial charge in [-0.2, -0.15) is 0 Å². The SMILES string of the molecule is COC(=O)c1ncc(-c2cc(Cl)ccc2Cl)cc1Cl. The first-order valence-corrected chi connectivity index (χ1v) is 6.35. The largest absolute Gasteiger partial charge is 0.464 e. The number of carbonyl (C=O) groups is 1. The monoisotopic (exact) mass is 315 g/mol. The van der Waals surface area contributed by atoms with Crippen molar-refractivity contribution in [2.24, 2.45) is 0 Å². The lowest BCUT2D eigenvalue weighted by molar-refractivity contribution is 0.0594. The first kappa shape index (κ1) is 14.1. The molecule has 0 saturated heterocycles. The van der Waals surface area contributed by atoms with Crippen LogP contribution in [0.3, 0.4) is 0 Å². The topological polar surface area (TPSA) is 39.2 Å². The zero-order valence-electron chi connectivity index (χ0n) is 9.78. The number of nitrogens with zero attached hydrogens (tertiary/aromatic N) is 1. The van der Waals surface area contributed by atoms with Gasteiger partial charge in [0.2, 0.25) is 0 Å². The molecule has 0 spiro atoms. The van der Waals surface area contributed by atoms with E-state index in [2.05, 4.69) is 9.72 Å². The number of hydrogen-bond donors (Lipinski definition) is 0. The van der Waals surface area contributed by atoms with Crippen LogP contribution < -0.4 is 0 Å². The van der Waals surface area contributed by atoms with E-state index in [9.17, 15) is 4.79 Å². The smallest absolute Gasteiger partial charge is 0.358 e. The highest BCUT2D eigenvalue weighted by Gasteiger charge is 2.14. The molecule has 0 fully saturated rings. The molecule has 2 rings (SSSR count). The second kappa shape index (κ2) is 5.78. The molecule has 1 aromatic heterocycles. The fourth-order valence-electron chi connectivity index (χ4n) is 1.55. The number of methoxy groups -OCH3 is 1. The molecule has 0 aliphatic rings. The normalized spacial score (nSPS) is 10.3. The standard InChI is InChI=1S/C13H8Cl3NO2/c1-19-13(18)12-11(16)4-7(6-17-12)9-5-8(14)2-3-10(9)15/h2-6H,1H3. The predicted octanol–water partition coefficient (Wildman–Crippen LogP) is 4.50. The van der Waals surface area contributed by atoms with Crippen LogP contribution in [-0.2, 0) is 4.74 Å². The van der Waals surface area contributed by atoms with E-state index in [0.29, 0.717) is 21.2 Å². The van der Waals surface area contributed by atoms with Crippen LogP contribution in [0.15, 0.2) is 30.5 Å². The number of benzene rings is 1. The summed E-state index contributed by atoms with van der Waals surface area (Å²) in [6, 6.07) is 6.67. The molecule has 2 aromatic rings. The van der Waals surface area contributed by atoms with Gasteiger partial charge in [-0.25, -0.2) is 9.78 Å². The lowest BCUT2D eigenvalue weighted by Crippen LogP contribution is -2.05. The molecule has 0 amide bonds. The van der Waals surface area contributed by atoms with Crippen LogP contribution in [0.2, 0.25) is 15.1 Å². The Balaban J connectivity index is 2.50. The van der Waals surface area contributed by atoms with E-state index in [1.807, 2.05) is 0 Å². The van der Waals surface area contributed by atoms with Crippen LogP contribution in [-0.4, -0.2) is 18.1 Å². The van der Waals surface area contributed by atoms with Gasteiger partial charge in [0.05, 0.1) is 12.1 Å². The number of halogens is 3. The predicted molar refractivity (Wildman–Crippen MR) is 76.0 cm³/mol. The third-order valence-electron chi connectivity index (χ3n) is 2.46. The van der Waals surface area contributed by atoms with Crippen molar-refractivity contribution < 1.29 is 9.53 Å². The van der Waals surface area contributed by atoms with Crippen LogP contribution in [0, 0.1) is 0 Å². The molecule has 0 N–H and O–H groups in total. The number of esters is 1. The van der Waals surface area contributed by atoms with Gasteiger partial charge in [-0.05, 0) is 24.3 Å². The molecule has 1 aromatic carbocycles. The lowest BCUT2D eigenvalue weighted by atomic mass is 10.1. The minimum Gasteiger partial charge on any atom is -0.464 e. The summed E-state index contributed by atoms with van der Waals surface area (Å²) in [4.78, 5) is 15.4. The molecule has 98 valence electrons. The van der Waals surface area contributed by atoms with E-state index in [1.165, 1.54) is 13.3 Å². The molecular weight excluding hydrogens is 309 g/mol. The molecule has 0 aliphatic heterocycles. The Morgan fingerprint density at radius 2 is 1.89 bits per heavy atom. The Labute approximate surface area is 125 Å². The van der Waals surface area contributed by atoms with E-state index in [0.717, 1.165) is 0 Å². The summed E-state index contributed by atoms with van der Waals surface area (Å²) in [5.74, 6) is -0.589. The van der Waals surface area contributed by atoms with Crippen molar-refractivity contribution in [3.63, 3.8) is 0 Å². The second-order valence-electron chi connectivity index (χ2n) is 3.67. The van der Waals surface area contributed by atoms with Crippen LogP contribution in [0.1, 0.15) is 10.5 Å². The summed E-state index contributed by atoms with van der Waals surface area (Å²) in [6.45, 7) is 0. The number of pyridine rings is 1. The van der Waals surface area contributed by atoms with Gasteiger partial charge in [0, 0.05) is 27.4 Å². The van der Waals surface area contributed by atoms with Gasteiger partial charge in [0.1, 0.15) is 0 Å². The molecule has 0 bridgehead atoms. The lowest BCUT2D eigenvalue weighted by Gasteiger charge is -2.07. The molecule has 0 radical (unpaired) electrons. The summed E-state index contributed by atoms with van der Waals surface area (Å²) >= 11 is 18.0. The first-order valence-electron chi connectivity index (χ1n) is 5.22. The summed E-state index contributed by atoms with van der Waals surface area (Å²) < 4.78 is 4.57. The summed E-state index contributed by atoms with van der Waals surface area (Å²) in [7, 11) is 1.27. The maximum Gasteiger partial charge on any atom is 0.358 e. The molecule has 19 heavy (non-hydrogen) atoms. The van der Waals surface area contributed by atoms with Crippen molar-refractivity contribution in [1.29, 1.82) is 0 Å². The fourth-order valence-corrected chi connectivity index (χ4v) is 2.19. The highest BCUT2D eigenvalue weighted by molar-refractivity contribution is 6.36. The first-order chi connectivity index (χ1) is 9.02. The van der Waals surface area contributed by atoms with Gasteiger partial charge in [-0.15, -0.1) is 0 Å². The average Bonchev–Trinajstić information content (AvgIpc) is 2.40. The van der Waals surface area contributed by atoms with E-state index in [-0.39, 0.29) is 10.7 Å². The summed E-state index contributed by atoms with van der Waals surface area (Å²) in [5.41, 5.74) is 1.43. The Bertz CT molecular complexity index is 644. The van der Waals surface area contributed by atoms with Gasteiger partial charge in [0.25, 0.3) is 0 Å². The molecule has 3 nitrogen and oxygen atoms in total. The van der Waals surface area contributed by atoms with Crippen LogP contribution in [0.4, 0.5) is 0 Å². The number of carbonyl (C=O) groups excluding carboxylic acids is 1. The maximum atomic E-state index is 11.4. The third-order valence-corrected chi connectivity index (χ3v) is 3.31. The quantitative estimate of drug-likeness (QED) is 0.766. The van der Waals surface area contributed by atoms with Crippen molar-refractivity contribution in [1.82, 2.24) is 4.98 Å². The van der Waals surface area contributed by atoms with Crippen molar-refractivity contribution in [3.8, 4) is 11.1 Å². The summed E-state index contributed by atoms with van der Waals surface area (Å²) in [6.07, 6.45) is 1.50. The molecule has 0 saturated carbocycles. The van der Waals surface area contributed by atoms with Gasteiger partial charge < -0.3 is 4.74 Å². The van der Waals surface area contributed by atoms with Crippen molar-refractivity contribution in [3.05, 3.63) is 51.2 Å². The molecule has 6 heteroatoms. The maximum absolute atomic E-state index is 11.4. The van der Waals surface area contributed by atoms with Crippen molar-refractivity contribution >= 4 is 40.8 Å². The number of ether oxygens (including phenoxy) is 1. The number of rotatable bonds is 2. The molecule has 0 unspecified atom stereocenters. The minimum absolute atomic E-state index is 0.0612. The Kier molecular flexibility index (Phi) is 4.30. The molecule has 0 atom stereocenters. The third kappa shape index (κ3) is 3.00. The fraction of sp³-hybridized carbons (Fsp3) is 0.0769. The Hall–Kier alpha value is -1.29. The number of aromatic nitrogens is 1. The average molecular weight is 317 g/mol. The van der Waals surface area contributed by atoms with Crippen molar-refractivity contribution in [2.45, 2.75) is 0 Å². The van der Waals surface area contributed by atoms with Gasteiger partial charge in [-0.3, -0.25) is 0 Å².